The van der Waals surface area contributed by atoms with Gasteiger partial charge in [-0.1, -0.05) is 18.2 Å². The van der Waals surface area contributed by atoms with Crippen LogP contribution in [0.1, 0.15) is 6.92 Å². The van der Waals surface area contributed by atoms with Gasteiger partial charge in [0.2, 0.25) is 12.7 Å². The molecule has 2 aromatic carbocycles. The molecule has 0 fully saturated rings. The fourth-order valence-corrected chi connectivity index (χ4v) is 5.90. The smallest absolute Gasteiger partial charge is 0.274 e. The fraction of sp³-hybridized carbons (Fsp3) is 0.190. The lowest BCUT2D eigenvalue weighted by molar-refractivity contribution is -0.116. The van der Waals surface area contributed by atoms with Crippen LogP contribution in [0.15, 0.2) is 64.2 Å². The van der Waals surface area contributed by atoms with Gasteiger partial charge in [0, 0.05) is 11.8 Å². The van der Waals surface area contributed by atoms with Crippen molar-refractivity contribution in [3.63, 3.8) is 0 Å². The number of para-hydroxylation sites is 2. The Balaban J connectivity index is 1.70. The number of sulfonamides is 1. The lowest BCUT2D eigenvalue weighted by Crippen LogP contribution is -2.45. The molecule has 3 aromatic rings. The van der Waals surface area contributed by atoms with Crippen molar-refractivity contribution in [3.8, 4) is 17.2 Å². The first-order valence-corrected chi connectivity index (χ1v) is 11.7. The van der Waals surface area contributed by atoms with E-state index >= 15 is 0 Å². The molecule has 162 valence electrons. The van der Waals surface area contributed by atoms with Crippen LogP contribution in [0.25, 0.3) is 0 Å². The van der Waals surface area contributed by atoms with E-state index in [1.54, 1.807) is 53.9 Å². The number of rotatable bonds is 7. The molecule has 1 amide bonds. The van der Waals surface area contributed by atoms with Gasteiger partial charge in [-0.3, -0.25) is 4.79 Å². The monoisotopic (exact) mass is 460 g/mol. The highest BCUT2D eigenvalue weighted by Crippen LogP contribution is 2.36. The first-order valence-electron chi connectivity index (χ1n) is 9.33. The predicted molar refractivity (Wildman–Crippen MR) is 118 cm³/mol. The highest BCUT2D eigenvalue weighted by atomic mass is 32.2. The van der Waals surface area contributed by atoms with Gasteiger partial charge >= 0.3 is 0 Å². The number of ether oxygens (including phenoxy) is 3. The van der Waals surface area contributed by atoms with Crippen LogP contribution in [0.4, 0.5) is 11.4 Å². The molecule has 31 heavy (non-hydrogen) atoms. The molecular weight excluding hydrogens is 440 g/mol. The molecule has 1 N–H and O–H groups in total. The number of carbonyl (C=O) groups excluding carboxylic acids is 1. The summed E-state index contributed by atoms with van der Waals surface area (Å²) in [5, 5.41) is 4.43. The maximum Gasteiger partial charge on any atom is 0.274 e. The Morgan fingerprint density at radius 3 is 2.65 bits per heavy atom. The van der Waals surface area contributed by atoms with E-state index in [1.807, 2.05) is 0 Å². The van der Waals surface area contributed by atoms with Gasteiger partial charge in [0.25, 0.3) is 10.0 Å². The summed E-state index contributed by atoms with van der Waals surface area (Å²) in [4.78, 5) is 13.1. The lowest BCUT2D eigenvalue weighted by atomic mass is 10.2. The highest BCUT2D eigenvalue weighted by molar-refractivity contribution is 7.94. The van der Waals surface area contributed by atoms with Crippen molar-refractivity contribution in [3.05, 3.63) is 60.0 Å². The number of nitrogens with zero attached hydrogens (tertiary/aromatic N) is 1. The van der Waals surface area contributed by atoms with Crippen molar-refractivity contribution in [1.82, 2.24) is 0 Å². The van der Waals surface area contributed by atoms with Gasteiger partial charge in [-0.15, -0.1) is 11.3 Å². The van der Waals surface area contributed by atoms with Gasteiger partial charge in [0.15, 0.2) is 11.5 Å². The summed E-state index contributed by atoms with van der Waals surface area (Å²) in [6.45, 7) is 1.64. The van der Waals surface area contributed by atoms with E-state index in [9.17, 15) is 13.2 Å². The average molecular weight is 461 g/mol. The van der Waals surface area contributed by atoms with Crippen molar-refractivity contribution < 1.29 is 27.4 Å². The molecule has 4 rings (SSSR count). The second-order valence-corrected chi connectivity index (χ2v) is 9.63. The number of anilines is 2. The van der Waals surface area contributed by atoms with Crippen LogP contribution in [-0.4, -0.2) is 34.3 Å². The molecule has 1 atom stereocenters. The third kappa shape index (κ3) is 4.04. The normalized spacial score (nSPS) is 13.5. The molecule has 10 heteroatoms. The van der Waals surface area contributed by atoms with Crippen LogP contribution in [-0.2, 0) is 14.8 Å². The highest BCUT2D eigenvalue weighted by Gasteiger charge is 2.35. The third-order valence-corrected chi connectivity index (χ3v) is 7.96. The van der Waals surface area contributed by atoms with Gasteiger partial charge in [0.05, 0.1) is 12.8 Å². The minimum absolute atomic E-state index is 0.115. The van der Waals surface area contributed by atoms with Crippen molar-refractivity contribution in [2.75, 3.05) is 23.5 Å². The number of hydrogen-bond acceptors (Lipinski definition) is 7. The zero-order valence-electron chi connectivity index (χ0n) is 16.8. The fourth-order valence-electron chi connectivity index (χ4n) is 3.19. The van der Waals surface area contributed by atoms with Crippen molar-refractivity contribution in [2.45, 2.75) is 17.2 Å². The zero-order valence-corrected chi connectivity index (χ0v) is 18.4. The minimum atomic E-state index is -4.02. The number of fused-ring (bicyclic) bond motifs is 1. The standard InChI is InChI=1S/C21H20N2O6S2/c1-14(21(24)22-15-9-10-18-19(12-15)29-13-28-18)23(16-6-3-4-7-17(16)27-2)31(25,26)20-8-5-11-30-20/h3-12,14H,13H2,1-2H3,(H,22,24). The molecule has 0 bridgehead atoms. The van der Waals surface area contributed by atoms with E-state index in [1.165, 1.54) is 20.1 Å². The maximum absolute atomic E-state index is 13.5. The van der Waals surface area contributed by atoms with E-state index in [4.69, 9.17) is 14.2 Å². The Hall–Kier alpha value is -3.24. The molecule has 1 aliphatic heterocycles. The predicted octanol–water partition coefficient (Wildman–Crippen LogP) is 3.71. The number of hydrogen-bond donors (Lipinski definition) is 1. The summed E-state index contributed by atoms with van der Waals surface area (Å²) in [5.74, 6) is 0.926. The molecule has 0 saturated carbocycles. The molecule has 2 heterocycles. The number of carbonyl (C=O) groups is 1. The summed E-state index contributed by atoms with van der Waals surface area (Å²) < 4.78 is 44.2. The molecule has 0 saturated heterocycles. The number of nitrogens with one attached hydrogen (secondary N) is 1. The Bertz CT molecular complexity index is 1190. The van der Waals surface area contributed by atoms with Crippen molar-refractivity contribution >= 4 is 38.6 Å². The summed E-state index contributed by atoms with van der Waals surface area (Å²) >= 11 is 1.08. The molecule has 8 nitrogen and oxygen atoms in total. The molecule has 1 aromatic heterocycles. The quantitative estimate of drug-likeness (QED) is 0.578. The van der Waals surface area contributed by atoms with Crippen molar-refractivity contribution in [1.29, 1.82) is 0 Å². The Kier molecular flexibility index (Phi) is 5.75. The summed E-state index contributed by atoms with van der Waals surface area (Å²) in [7, 11) is -2.57. The van der Waals surface area contributed by atoms with Crippen LogP contribution >= 0.6 is 11.3 Å². The van der Waals surface area contributed by atoms with Gasteiger partial charge < -0.3 is 19.5 Å². The van der Waals surface area contributed by atoms with Crippen molar-refractivity contribution in [2.24, 2.45) is 0 Å². The maximum atomic E-state index is 13.5. The van der Waals surface area contributed by atoms with E-state index in [-0.39, 0.29) is 16.7 Å². The molecule has 0 spiro atoms. The third-order valence-electron chi connectivity index (χ3n) is 4.70. The zero-order chi connectivity index (χ0) is 22.0. The van der Waals surface area contributed by atoms with Gasteiger partial charge in [0.1, 0.15) is 16.0 Å². The first-order chi connectivity index (χ1) is 14.9. The topological polar surface area (TPSA) is 94.2 Å². The Morgan fingerprint density at radius 1 is 1.13 bits per heavy atom. The summed E-state index contributed by atoms with van der Waals surface area (Å²) in [5.41, 5.74) is 0.737. The van der Waals surface area contributed by atoms with E-state index in [2.05, 4.69) is 5.32 Å². The van der Waals surface area contributed by atoms with Crippen LogP contribution in [0, 0.1) is 0 Å². The second kappa shape index (κ2) is 8.48. The number of amides is 1. The average Bonchev–Trinajstić information content (AvgIpc) is 3.46. The van der Waals surface area contributed by atoms with E-state index < -0.39 is 22.0 Å². The lowest BCUT2D eigenvalue weighted by Gasteiger charge is -2.30. The van der Waals surface area contributed by atoms with Crippen LogP contribution in [0.3, 0.4) is 0 Å². The number of methoxy groups -OCH3 is 1. The van der Waals surface area contributed by atoms with E-state index in [0.29, 0.717) is 22.9 Å². The largest absolute Gasteiger partial charge is 0.495 e. The number of benzene rings is 2. The second-order valence-electron chi connectivity index (χ2n) is 6.64. The summed E-state index contributed by atoms with van der Waals surface area (Å²) in [6, 6.07) is 13.7. The Labute approximate surface area is 184 Å². The van der Waals surface area contributed by atoms with Crippen LogP contribution < -0.4 is 23.8 Å². The molecule has 0 aliphatic carbocycles. The minimum Gasteiger partial charge on any atom is -0.495 e. The van der Waals surface area contributed by atoms with Gasteiger partial charge in [-0.2, -0.15) is 0 Å². The van der Waals surface area contributed by atoms with E-state index in [0.717, 1.165) is 15.6 Å². The number of thiophene rings is 1. The molecular formula is C21H20N2O6S2. The summed E-state index contributed by atoms with van der Waals surface area (Å²) in [6.07, 6.45) is 0. The van der Waals surface area contributed by atoms with Crippen LogP contribution in [0.2, 0.25) is 0 Å². The molecule has 1 unspecified atom stereocenters. The SMILES string of the molecule is COc1ccccc1N(C(C)C(=O)Nc1ccc2c(c1)OCO2)S(=O)(=O)c1cccs1. The Morgan fingerprint density at radius 2 is 1.90 bits per heavy atom. The molecule has 0 radical (unpaired) electrons. The first kappa shape index (κ1) is 21.0. The van der Waals surface area contributed by atoms with Gasteiger partial charge in [-0.05, 0) is 42.6 Å². The van der Waals surface area contributed by atoms with Gasteiger partial charge in [-0.25, -0.2) is 12.7 Å². The van der Waals surface area contributed by atoms with Crippen LogP contribution in [0.5, 0.6) is 17.2 Å². The molecule has 1 aliphatic rings.